The molecule has 0 radical (unpaired) electrons. The lowest BCUT2D eigenvalue weighted by atomic mass is 9.87. The standard InChI is InChI=1S/C10H19NO2/c1-5-8(11)7(9(12)13)6-10(2,3)4/h5-6,11H2,1-4H3,(H,12,13). The van der Waals surface area contributed by atoms with Gasteiger partial charge < -0.3 is 10.8 Å². The van der Waals surface area contributed by atoms with E-state index in [1.54, 1.807) is 0 Å². The molecule has 0 aromatic heterocycles. The van der Waals surface area contributed by atoms with Crippen molar-refractivity contribution in [3.05, 3.63) is 11.3 Å². The van der Waals surface area contributed by atoms with E-state index >= 15 is 0 Å². The molecule has 0 unspecified atom stereocenters. The molecule has 0 fully saturated rings. The van der Waals surface area contributed by atoms with Crippen molar-refractivity contribution in [3.63, 3.8) is 0 Å². The van der Waals surface area contributed by atoms with Crippen LogP contribution in [0.1, 0.15) is 40.5 Å². The Labute approximate surface area is 79.6 Å². The second-order valence-corrected chi connectivity index (χ2v) is 4.40. The predicted molar refractivity (Wildman–Crippen MR) is 53.2 cm³/mol. The van der Waals surface area contributed by atoms with E-state index in [4.69, 9.17) is 10.8 Å². The molecule has 3 heteroatoms. The summed E-state index contributed by atoms with van der Waals surface area (Å²) < 4.78 is 0. The number of carboxylic acid groups (broad SMARTS) is 1. The van der Waals surface area contributed by atoms with Crippen molar-refractivity contribution in [2.45, 2.75) is 40.5 Å². The molecule has 0 spiro atoms. The topological polar surface area (TPSA) is 63.3 Å². The van der Waals surface area contributed by atoms with Crippen molar-refractivity contribution in [3.8, 4) is 0 Å². The highest BCUT2D eigenvalue weighted by atomic mass is 16.4. The van der Waals surface area contributed by atoms with Crippen LogP contribution in [0.5, 0.6) is 0 Å². The van der Waals surface area contributed by atoms with Gasteiger partial charge in [0.05, 0.1) is 5.57 Å². The highest BCUT2D eigenvalue weighted by Crippen LogP contribution is 2.25. The minimum atomic E-state index is -0.894. The third-order valence-electron chi connectivity index (χ3n) is 1.73. The molecule has 76 valence electrons. The molecule has 0 atom stereocenters. The Morgan fingerprint density at radius 3 is 2.08 bits per heavy atom. The van der Waals surface area contributed by atoms with Crippen molar-refractivity contribution in [2.24, 2.45) is 11.1 Å². The summed E-state index contributed by atoms with van der Waals surface area (Å²) in [5.41, 5.74) is 6.43. The molecule has 13 heavy (non-hydrogen) atoms. The van der Waals surface area contributed by atoms with Gasteiger partial charge >= 0.3 is 5.97 Å². The van der Waals surface area contributed by atoms with Gasteiger partial charge in [0.25, 0.3) is 0 Å². The molecular formula is C10H19NO2. The normalized spacial score (nSPS) is 13.8. The maximum Gasteiger partial charge on any atom is 0.333 e. The van der Waals surface area contributed by atoms with Crippen LogP contribution >= 0.6 is 0 Å². The van der Waals surface area contributed by atoms with Crippen LogP contribution in [0, 0.1) is 5.41 Å². The van der Waals surface area contributed by atoms with Crippen LogP contribution in [0.2, 0.25) is 0 Å². The van der Waals surface area contributed by atoms with Crippen LogP contribution in [0.15, 0.2) is 11.3 Å². The Bertz CT molecular complexity index is 224. The molecule has 0 aromatic carbocycles. The van der Waals surface area contributed by atoms with Crippen LogP contribution in [0.4, 0.5) is 0 Å². The Kier molecular flexibility index (Phi) is 3.98. The van der Waals surface area contributed by atoms with Crippen molar-refractivity contribution in [1.82, 2.24) is 0 Å². The number of nitrogens with two attached hydrogens (primary N) is 1. The fourth-order valence-electron chi connectivity index (χ4n) is 1.07. The SMILES string of the molecule is CCC(N)=C(CC(C)(C)C)C(=O)O. The van der Waals surface area contributed by atoms with Crippen molar-refractivity contribution < 1.29 is 9.90 Å². The van der Waals surface area contributed by atoms with Gasteiger partial charge in [-0.3, -0.25) is 0 Å². The molecule has 3 N–H and O–H groups in total. The molecule has 0 aliphatic heterocycles. The van der Waals surface area contributed by atoms with Crippen LogP contribution in [0.3, 0.4) is 0 Å². The largest absolute Gasteiger partial charge is 0.478 e. The van der Waals surface area contributed by atoms with Crippen LogP contribution in [-0.4, -0.2) is 11.1 Å². The number of aliphatic carboxylic acids is 1. The second kappa shape index (κ2) is 4.30. The third-order valence-corrected chi connectivity index (χ3v) is 1.73. The first-order valence-electron chi connectivity index (χ1n) is 4.48. The second-order valence-electron chi connectivity index (χ2n) is 4.40. The van der Waals surface area contributed by atoms with Gasteiger partial charge in [-0.15, -0.1) is 0 Å². The van der Waals surface area contributed by atoms with E-state index in [9.17, 15) is 4.79 Å². The number of allylic oxidation sites excluding steroid dienone is 1. The molecule has 0 aliphatic carbocycles. The zero-order chi connectivity index (χ0) is 10.6. The number of carbonyl (C=O) groups is 1. The summed E-state index contributed by atoms with van der Waals surface area (Å²) in [4.78, 5) is 10.8. The fraction of sp³-hybridized carbons (Fsp3) is 0.700. The summed E-state index contributed by atoms with van der Waals surface area (Å²) in [6.45, 7) is 7.86. The molecule has 0 rings (SSSR count). The van der Waals surface area contributed by atoms with Gasteiger partial charge in [-0.2, -0.15) is 0 Å². The van der Waals surface area contributed by atoms with Crippen molar-refractivity contribution in [2.75, 3.05) is 0 Å². The lowest BCUT2D eigenvalue weighted by molar-refractivity contribution is -0.133. The Morgan fingerprint density at radius 1 is 1.38 bits per heavy atom. The summed E-state index contributed by atoms with van der Waals surface area (Å²) in [5.74, 6) is -0.894. The van der Waals surface area contributed by atoms with Gasteiger partial charge in [-0.25, -0.2) is 4.79 Å². The minimum absolute atomic E-state index is 0.0342. The summed E-state index contributed by atoms with van der Waals surface area (Å²) in [7, 11) is 0. The smallest absolute Gasteiger partial charge is 0.333 e. The number of hydrogen-bond donors (Lipinski definition) is 2. The first-order valence-corrected chi connectivity index (χ1v) is 4.48. The van der Waals surface area contributed by atoms with Crippen LogP contribution in [0.25, 0.3) is 0 Å². The van der Waals surface area contributed by atoms with E-state index in [1.807, 2.05) is 27.7 Å². The minimum Gasteiger partial charge on any atom is -0.478 e. The monoisotopic (exact) mass is 185 g/mol. The van der Waals surface area contributed by atoms with Gasteiger partial charge in [0.2, 0.25) is 0 Å². The Balaban J connectivity index is 4.75. The predicted octanol–water partition coefficient (Wildman–Crippen LogP) is 2.13. The Hall–Kier alpha value is -0.990. The van der Waals surface area contributed by atoms with Crippen molar-refractivity contribution >= 4 is 5.97 Å². The fourth-order valence-corrected chi connectivity index (χ4v) is 1.07. The summed E-state index contributed by atoms with van der Waals surface area (Å²) >= 11 is 0. The lowest BCUT2D eigenvalue weighted by Crippen LogP contribution is -2.16. The zero-order valence-electron chi connectivity index (χ0n) is 8.85. The Morgan fingerprint density at radius 2 is 1.85 bits per heavy atom. The average molecular weight is 185 g/mol. The van der Waals surface area contributed by atoms with E-state index in [0.717, 1.165) is 0 Å². The molecule has 3 nitrogen and oxygen atoms in total. The van der Waals surface area contributed by atoms with Gasteiger partial charge in [-0.1, -0.05) is 27.7 Å². The third kappa shape index (κ3) is 4.55. The molecule has 0 bridgehead atoms. The van der Waals surface area contributed by atoms with Gasteiger partial charge in [-0.05, 0) is 18.3 Å². The van der Waals surface area contributed by atoms with Crippen molar-refractivity contribution in [1.29, 1.82) is 0 Å². The molecule has 0 aromatic rings. The summed E-state index contributed by atoms with van der Waals surface area (Å²) in [6.07, 6.45) is 1.11. The average Bonchev–Trinajstić information content (AvgIpc) is 1.96. The highest BCUT2D eigenvalue weighted by molar-refractivity contribution is 5.87. The number of hydrogen-bond acceptors (Lipinski definition) is 2. The van der Waals surface area contributed by atoms with Gasteiger partial charge in [0.1, 0.15) is 0 Å². The van der Waals surface area contributed by atoms with Gasteiger partial charge in [0.15, 0.2) is 0 Å². The van der Waals surface area contributed by atoms with Crippen LogP contribution in [-0.2, 0) is 4.79 Å². The number of rotatable bonds is 3. The summed E-state index contributed by atoms with van der Waals surface area (Å²) in [6, 6.07) is 0. The molecule has 0 saturated heterocycles. The van der Waals surface area contributed by atoms with E-state index < -0.39 is 5.97 Å². The zero-order valence-corrected chi connectivity index (χ0v) is 8.85. The molecular weight excluding hydrogens is 166 g/mol. The molecule has 0 aliphatic rings. The molecule has 0 saturated carbocycles. The van der Waals surface area contributed by atoms with E-state index in [0.29, 0.717) is 24.1 Å². The quantitative estimate of drug-likeness (QED) is 0.662. The van der Waals surface area contributed by atoms with E-state index in [1.165, 1.54) is 0 Å². The maximum absolute atomic E-state index is 10.8. The first kappa shape index (κ1) is 12.0. The molecule has 0 amide bonds. The summed E-state index contributed by atoms with van der Waals surface area (Å²) in [5, 5.41) is 8.90. The van der Waals surface area contributed by atoms with Crippen LogP contribution < -0.4 is 5.73 Å². The van der Waals surface area contributed by atoms with Gasteiger partial charge in [0, 0.05) is 5.70 Å². The molecule has 0 heterocycles. The van der Waals surface area contributed by atoms with E-state index in [2.05, 4.69) is 0 Å². The lowest BCUT2D eigenvalue weighted by Gasteiger charge is -2.19. The maximum atomic E-state index is 10.8. The first-order chi connectivity index (χ1) is 5.78. The van der Waals surface area contributed by atoms with E-state index in [-0.39, 0.29) is 5.41 Å². The number of carboxylic acids is 1. The highest BCUT2D eigenvalue weighted by Gasteiger charge is 2.19.